The SMILES string of the molecule is COc1ccccc1C(=N[C@H](c1ccccc1)[C@H](N=C(c1ccccc1O)c1ccccc1O)c1ccccc1)c1ccccc1O. The van der Waals surface area contributed by atoms with Crippen LogP contribution in [0, 0.1) is 0 Å². The average Bonchev–Trinajstić information content (AvgIpc) is 3.12. The van der Waals surface area contributed by atoms with Gasteiger partial charge in [0.15, 0.2) is 0 Å². The number of rotatable bonds is 10. The third-order valence-corrected chi connectivity index (χ3v) is 7.96. The second kappa shape index (κ2) is 14.3. The first-order chi connectivity index (χ1) is 23.0. The Hall–Kier alpha value is -6.14. The van der Waals surface area contributed by atoms with E-state index in [4.69, 9.17) is 14.7 Å². The molecule has 0 heterocycles. The number of benzene rings is 6. The number of hydrogen-bond donors (Lipinski definition) is 3. The standard InChI is InChI=1S/C41H34N2O4/c1-47-37-27-15-11-23-33(37)41(32-22-10-14-26-36(32)46)43-39(29-18-6-3-7-19-29)38(28-16-4-2-5-17-28)42-40(30-20-8-12-24-34(30)44)31-21-9-13-25-35(31)45/h2-27,38-39,44-46H,1H3/t38-,39-/m1/s1. The van der Waals surface area contributed by atoms with Crippen molar-refractivity contribution in [2.45, 2.75) is 12.1 Å². The van der Waals surface area contributed by atoms with Crippen LogP contribution in [0.2, 0.25) is 0 Å². The van der Waals surface area contributed by atoms with E-state index in [-0.39, 0.29) is 17.2 Å². The molecular formula is C41H34N2O4. The van der Waals surface area contributed by atoms with Crippen LogP contribution >= 0.6 is 0 Å². The Bertz CT molecular complexity index is 1980. The van der Waals surface area contributed by atoms with E-state index < -0.39 is 12.1 Å². The maximum atomic E-state index is 11.1. The fraction of sp³-hybridized carbons (Fsp3) is 0.0732. The highest BCUT2D eigenvalue weighted by Gasteiger charge is 2.29. The van der Waals surface area contributed by atoms with Gasteiger partial charge in [0.25, 0.3) is 0 Å². The van der Waals surface area contributed by atoms with Crippen LogP contribution in [0.15, 0.2) is 168 Å². The molecule has 232 valence electrons. The van der Waals surface area contributed by atoms with Gasteiger partial charge in [0.2, 0.25) is 0 Å². The minimum Gasteiger partial charge on any atom is -0.507 e. The van der Waals surface area contributed by atoms with E-state index >= 15 is 0 Å². The zero-order valence-electron chi connectivity index (χ0n) is 25.8. The van der Waals surface area contributed by atoms with Crippen LogP contribution < -0.4 is 4.74 Å². The van der Waals surface area contributed by atoms with E-state index in [0.29, 0.717) is 39.4 Å². The normalized spacial score (nSPS) is 12.6. The zero-order valence-corrected chi connectivity index (χ0v) is 25.8. The monoisotopic (exact) mass is 618 g/mol. The summed E-state index contributed by atoms with van der Waals surface area (Å²) >= 11 is 0. The molecule has 6 rings (SSSR count). The lowest BCUT2D eigenvalue weighted by atomic mass is 9.91. The number of methoxy groups -OCH3 is 1. The Balaban J connectivity index is 1.69. The molecule has 0 saturated carbocycles. The highest BCUT2D eigenvalue weighted by molar-refractivity contribution is 6.17. The number of hydrogen-bond acceptors (Lipinski definition) is 6. The van der Waals surface area contributed by atoms with Gasteiger partial charge in [0.05, 0.1) is 18.5 Å². The Labute approximate surface area is 274 Å². The largest absolute Gasteiger partial charge is 0.507 e. The molecule has 0 spiro atoms. The molecule has 0 bridgehead atoms. The van der Waals surface area contributed by atoms with Gasteiger partial charge in [-0.15, -0.1) is 0 Å². The minimum absolute atomic E-state index is 0.0324. The second-order valence-corrected chi connectivity index (χ2v) is 10.9. The summed E-state index contributed by atoms with van der Waals surface area (Å²) in [5, 5.41) is 33.3. The van der Waals surface area contributed by atoms with Gasteiger partial charge in [-0.1, -0.05) is 109 Å². The van der Waals surface area contributed by atoms with Crippen molar-refractivity contribution < 1.29 is 20.1 Å². The first kappa shape index (κ1) is 30.9. The zero-order chi connectivity index (χ0) is 32.6. The van der Waals surface area contributed by atoms with Gasteiger partial charge in [-0.2, -0.15) is 0 Å². The number of phenols is 3. The molecule has 0 aliphatic carbocycles. The van der Waals surface area contributed by atoms with Gasteiger partial charge in [0, 0.05) is 22.3 Å². The molecule has 0 unspecified atom stereocenters. The molecule has 6 nitrogen and oxygen atoms in total. The van der Waals surface area contributed by atoms with Crippen LogP contribution in [0.3, 0.4) is 0 Å². The minimum atomic E-state index is -0.650. The third kappa shape index (κ3) is 6.77. The highest BCUT2D eigenvalue weighted by Crippen LogP contribution is 2.40. The summed E-state index contributed by atoms with van der Waals surface area (Å²) in [6.45, 7) is 0. The topological polar surface area (TPSA) is 94.6 Å². The molecule has 3 N–H and O–H groups in total. The molecule has 0 aliphatic heterocycles. The molecule has 47 heavy (non-hydrogen) atoms. The summed E-state index contributed by atoms with van der Waals surface area (Å²) in [6, 6.07) is 47.0. The van der Waals surface area contributed by atoms with Crippen molar-refractivity contribution in [1.29, 1.82) is 0 Å². The Morgan fingerprint density at radius 1 is 0.426 bits per heavy atom. The summed E-state index contributed by atoms with van der Waals surface area (Å²) < 4.78 is 5.78. The lowest BCUT2D eigenvalue weighted by Gasteiger charge is -2.26. The van der Waals surface area contributed by atoms with Gasteiger partial charge in [-0.3, -0.25) is 9.98 Å². The van der Waals surface area contributed by atoms with Crippen LogP contribution in [-0.4, -0.2) is 33.9 Å². The number of para-hydroxylation sites is 4. The quantitative estimate of drug-likeness (QED) is 0.134. The fourth-order valence-electron chi connectivity index (χ4n) is 5.66. The molecule has 0 saturated heterocycles. The molecule has 0 aliphatic rings. The van der Waals surface area contributed by atoms with Gasteiger partial charge < -0.3 is 20.1 Å². The van der Waals surface area contributed by atoms with Crippen LogP contribution in [-0.2, 0) is 0 Å². The van der Waals surface area contributed by atoms with Crippen molar-refractivity contribution in [3.63, 3.8) is 0 Å². The summed E-state index contributed by atoms with van der Waals surface area (Å²) in [5.74, 6) is 0.744. The summed E-state index contributed by atoms with van der Waals surface area (Å²) in [6.07, 6.45) is 0. The smallest absolute Gasteiger partial charge is 0.128 e. The summed E-state index contributed by atoms with van der Waals surface area (Å²) in [5.41, 5.74) is 4.86. The van der Waals surface area contributed by atoms with Gasteiger partial charge in [-0.25, -0.2) is 0 Å². The van der Waals surface area contributed by atoms with E-state index in [1.165, 1.54) is 0 Å². The molecule has 6 heteroatoms. The molecule has 2 atom stereocenters. The molecular weight excluding hydrogens is 584 g/mol. The molecule has 0 radical (unpaired) electrons. The number of aliphatic imine (C=N–C) groups is 2. The van der Waals surface area contributed by atoms with E-state index in [9.17, 15) is 15.3 Å². The van der Waals surface area contributed by atoms with Crippen molar-refractivity contribution in [2.24, 2.45) is 9.98 Å². The highest BCUT2D eigenvalue weighted by atomic mass is 16.5. The van der Waals surface area contributed by atoms with Gasteiger partial charge in [-0.05, 0) is 59.7 Å². The maximum absolute atomic E-state index is 11.1. The number of aromatic hydroxyl groups is 3. The van der Waals surface area contributed by atoms with Crippen molar-refractivity contribution in [3.8, 4) is 23.0 Å². The Morgan fingerprint density at radius 3 is 1.13 bits per heavy atom. The first-order valence-corrected chi connectivity index (χ1v) is 15.3. The predicted octanol–water partition coefficient (Wildman–Crippen LogP) is 8.67. The Morgan fingerprint density at radius 2 is 0.745 bits per heavy atom. The third-order valence-electron chi connectivity index (χ3n) is 7.96. The molecule has 0 amide bonds. The number of phenolic OH excluding ortho intramolecular Hbond substituents is 3. The van der Waals surface area contributed by atoms with Crippen molar-refractivity contribution in [1.82, 2.24) is 0 Å². The van der Waals surface area contributed by atoms with Crippen LogP contribution in [0.4, 0.5) is 0 Å². The lowest BCUT2D eigenvalue weighted by molar-refractivity contribution is 0.414. The average molecular weight is 619 g/mol. The molecule has 0 fully saturated rings. The first-order valence-electron chi connectivity index (χ1n) is 15.3. The summed E-state index contributed by atoms with van der Waals surface area (Å²) in [7, 11) is 1.61. The predicted molar refractivity (Wildman–Crippen MR) is 187 cm³/mol. The van der Waals surface area contributed by atoms with Crippen LogP contribution in [0.25, 0.3) is 0 Å². The lowest BCUT2D eigenvalue weighted by Crippen LogP contribution is -2.16. The van der Waals surface area contributed by atoms with E-state index in [0.717, 1.165) is 11.1 Å². The fourth-order valence-corrected chi connectivity index (χ4v) is 5.66. The number of ether oxygens (including phenoxy) is 1. The van der Waals surface area contributed by atoms with Crippen molar-refractivity contribution >= 4 is 11.4 Å². The van der Waals surface area contributed by atoms with Crippen LogP contribution in [0.1, 0.15) is 45.5 Å². The van der Waals surface area contributed by atoms with Crippen molar-refractivity contribution in [3.05, 3.63) is 191 Å². The van der Waals surface area contributed by atoms with Crippen LogP contribution in [0.5, 0.6) is 23.0 Å². The van der Waals surface area contributed by atoms with E-state index in [1.807, 2.05) is 109 Å². The van der Waals surface area contributed by atoms with E-state index in [1.54, 1.807) is 55.6 Å². The molecule has 6 aromatic carbocycles. The van der Waals surface area contributed by atoms with Gasteiger partial charge in [0.1, 0.15) is 35.1 Å². The second-order valence-electron chi connectivity index (χ2n) is 10.9. The van der Waals surface area contributed by atoms with Gasteiger partial charge >= 0.3 is 0 Å². The Kier molecular flexibility index (Phi) is 9.40. The van der Waals surface area contributed by atoms with Crippen molar-refractivity contribution in [2.75, 3.05) is 7.11 Å². The van der Waals surface area contributed by atoms with E-state index in [2.05, 4.69) is 0 Å². The molecule has 6 aromatic rings. The maximum Gasteiger partial charge on any atom is 0.128 e. The summed E-state index contributed by atoms with van der Waals surface area (Å²) in [4.78, 5) is 10.8. The molecule has 0 aromatic heterocycles. The number of nitrogens with zero attached hydrogens (tertiary/aromatic N) is 2.